The van der Waals surface area contributed by atoms with Gasteiger partial charge in [0.05, 0.1) is 12.7 Å². The molecule has 0 aromatic heterocycles. The van der Waals surface area contributed by atoms with Gasteiger partial charge in [0, 0.05) is 6.42 Å². The molecule has 0 heterocycles. The average Bonchev–Trinajstić information content (AvgIpc) is 2.58. The number of ether oxygens (including phenoxy) is 1. The van der Waals surface area contributed by atoms with Gasteiger partial charge in [-0.2, -0.15) is 74.6 Å². The maximum absolute atomic E-state index is 13.6. The van der Waals surface area contributed by atoms with Crippen molar-refractivity contribution in [1.82, 2.24) is 0 Å². The van der Waals surface area contributed by atoms with Crippen LogP contribution >= 0.6 is 0 Å². The fourth-order valence-corrected chi connectivity index (χ4v) is 2.47. The lowest BCUT2D eigenvalue weighted by Crippen LogP contribution is -2.74. The SMILES string of the molecule is CC(C)CC(C)OCCC(F)(F)C(F)(F)C(F)(F)C(F)(F)C(F)(F)C(F)(F)C(F)(F)C(F)(F)F. The first-order chi connectivity index (χ1) is 14.6. The van der Waals surface area contributed by atoms with Crippen molar-refractivity contribution in [3.8, 4) is 0 Å². The van der Waals surface area contributed by atoms with Crippen molar-refractivity contribution in [3.63, 3.8) is 0 Å². The molecule has 0 saturated heterocycles. The standard InChI is InChI=1S/C16H17F17O/c1-7(2)6-8(3)34-5-4-9(17,18)10(19,20)11(21,22)12(23,24)13(25,26)14(27,28)15(29,30)16(31,32)33/h7-8H,4-6H2,1-3H3. The highest BCUT2D eigenvalue weighted by molar-refractivity contribution is 5.15. The van der Waals surface area contributed by atoms with Crippen molar-refractivity contribution in [3.05, 3.63) is 0 Å². The van der Waals surface area contributed by atoms with Gasteiger partial charge in [-0.3, -0.25) is 0 Å². The summed E-state index contributed by atoms with van der Waals surface area (Å²) in [5, 5.41) is 0. The third-order valence-corrected chi connectivity index (χ3v) is 4.41. The van der Waals surface area contributed by atoms with Crippen molar-refractivity contribution in [2.45, 2.75) is 87.4 Å². The van der Waals surface area contributed by atoms with Crippen LogP contribution in [-0.2, 0) is 4.74 Å². The second kappa shape index (κ2) is 9.33. The van der Waals surface area contributed by atoms with E-state index in [1.807, 2.05) is 0 Å². The summed E-state index contributed by atoms with van der Waals surface area (Å²) in [6.07, 6.45) is -11.2. The summed E-state index contributed by atoms with van der Waals surface area (Å²) in [7, 11) is 0. The molecule has 0 bridgehead atoms. The summed E-state index contributed by atoms with van der Waals surface area (Å²) < 4.78 is 227. The van der Waals surface area contributed by atoms with E-state index in [2.05, 4.69) is 4.74 Å². The van der Waals surface area contributed by atoms with E-state index in [9.17, 15) is 74.6 Å². The number of hydrogen-bond acceptors (Lipinski definition) is 1. The largest absolute Gasteiger partial charge is 0.460 e. The van der Waals surface area contributed by atoms with Crippen molar-refractivity contribution in [1.29, 1.82) is 0 Å². The van der Waals surface area contributed by atoms with Gasteiger partial charge in [0.15, 0.2) is 0 Å². The lowest BCUT2D eigenvalue weighted by molar-refractivity contribution is -0.462. The van der Waals surface area contributed by atoms with E-state index < -0.39 is 66.8 Å². The van der Waals surface area contributed by atoms with Gasteiger partial charge in [-0.25, -0.2) is 0 Å². The molecule has 0 fully saturated rings. The van der Waals surface area contributed by atoms with Crippen molar-refractivity contribution >= 4 is 0 Å². The van der Waals surface area contributed by atoms with E-state index in [0.29, 0.717) is 0 Å². The smallest absolute Gasteiger partial charge is 0.378 e. The van der Waals surface area contributed by atoms with Crippen LogP contribution in [0.3, 0.4) is 0 Å². The summed E-state index contributed by atoms with van der Waals surface area (Å²) in [6, 6.07) is 0. The molecule has 0 spiro atoms. The molecule has 0 rings (SSSR count). The average molecular weight is 548 g/mol. The third kappa shape index (κ3) is 5.15. The maximum Gasteiger partial charge on any atom is 0.460 e. The van der Waals surface area contributed by atoms with Gasteiger partial charge in [-0.05, 0) is 19.3 Å². The van der Waals surface area contributed by atoms with E-state index in [0.717, 1.165) is 0 Å². The third-order valence-electron chi connectivity index (χ3n) is 4.41. The predicted octanol–water partition coefficient (Wildman–Crippen LogP) is 7.84. The summed E-state index contributed by atoms with van der Waals surface area (Å²) in [5.41, 5.74) is 0. The first-order valence-corrected chi connectivity index (χ1v) is 8.89. The van der Waals surface area contributed by atoms with E-state index >= 15 is 0 Å². The normalized spacial score (nSPS) is 16.9. The Balaban J connectivity index is 6.20. The molecule has 0 amide bonds. The van der Waals surface area contributed by atoms with E-state index in [-0.39, 0.29) is 12.3 Å². The molecule has 0 aromatic rings. The van der Waals surface area contributed by atoms with Crippen LogP contribution in [0.4, 0.5) is 74.6 Å². The molecule has 0 aliphatic rings. The second-order valence-electron chi connectivity index (χ2n) is 7.71. The van der Waals surface area contributed by atoms with E-state index in [4.69, 9.17) is 0 Å². The van der Waals surface area contributed by atoms with E-state index in [1.54, 1.807) is 13.8 Å². The Morgan fingerprint density at radius 2 is 0.824 bits per heavy atom. The van der Waals surface area contributed by atoms with Gasteiger partial charge < -0.3 is 4.74 Å². The Labute approximate surface area is 180 Å². The zero-order valence-corrected chi connectivity index (χ0v) is 17.1. The second-order valence-corrected chi connectivity index (χ2v) is 7.71. The van der Waals surface area contributed by atoms with Crippen LogP contribution in [0.1, 0.15) is 33.6 Å². The summed E-state index contributed by atoms with van der Waals surface area (Å²) in [6.45, 7) is 2.76. The Morgan fingerprint density at radius 1 is 0.500 bits per heavy atom. The Kier molecular flexibility index (Phi) is 9.00. The lowest BCUT2D eigenvalue weighted by Gasteiger charge is -2.42. The minimum Gasteiger partial charge on any atom is -0.378 e. The Morgan fingerprint density at radius 3 is 1.15 bits per heavy atom. The number of halogens is 17. The van der Waals surface area contributed by atoms with Crippen LogP contribution < -0.4 is 0 Å². The highest BCUT2D eigenvalue weighted by atomic mass is 19.4. The van der Waals surface area contributed by atoms with Gasteiger partial charge in [0.2, 0.25) is 0 Å². The fourth-order valence-electron chi connectivity index (χ4n) is 2.47. The number of rotatable bonds is 12. The van der Waals surface area contributed by atoms with Crippen molar-refractivity contribution < 1.29 is 79.4 Å². The molecule has 0 aliphatic heterocycles. The maximum atomic E-state index is 13.6. The van der Waals surface area contributed by atoms with Crippen LogP contribution in [0, 0.1) is 5.92 Å². The van der Waals surface area contributed by atoms with Crippen LogP contribution in [-0.4, -0.2) is 60.3 Å². The summed E-state index contributed by atoms with van der Waals surface area (Å²) in [5.74, 6) is -56.3. The van der Waals surface area contributed by atoms with Gasteiger partial charge >= 0.3 is 47.6 Å². The van der Waals surface area contributed by atoms with Crippen LogP contribution in [0.25, 0.3) is 0 Å². The van der Waals surface area contributed by atoms with Crippen LogP contribution in [0.15, 0.2) is 0 Å². The zero-order valence-electron chi connectivity index (χ0n) is 17.1. The number of alkyl halides is 17. The molecule has 18 heteroatoms. The molecule has 1 atom stereocenters. The Hall–Kier alpha value is -1.23. The molecule has 34 heavy (non-hydrogen) atoms. The summed E-state index contributed by atoms with van der Waals surface area (Å²) >= 11 is 0. The van der Waals surface area contributed by atoms with E-state index in [1.165, 1.54) is 6.92 Å². The summed E-state index contributed by atoms with van der Waals surface area (Å²) in [4.78, 5) is 0. The minimum atomic E-state index is -8.61. The van der Waals surface area contributed by atoms with Gasteiger partial charge in [0.1, 0.15) is 0 Å². The highest BCUT2D eigenvalue weighted by Gasteiger charge is 2.95. The van der Waals surface area contributed by atoms with Crippen molar-refractivity contribution in [2.75, 3.05) is 6.61 Å². The Bertz CT molecular complexity index is 680. The van der Waals surface area contributed by atoms with Crippen molar-refractivity contribution in [2.24, 2.45) is 5.92 Å². The quantitative estimate of drug-likeness (QED) is 0.226. The van der Waals surface area contributed by atoms with Gasteiger partial charge in [0.25, 0.3) is 0 Å². The van der Waals surface area contributed by atoms with Crippen LogP contribution in [0.2, 0.25) is 0 Å². The molecular weight excluding hydrogens is 531 g/mol. The lowest BCUT2D eigenvalue weighted by atomic mass is 9.88. The number of hydrogen-bond donors (Lipinski definition) is 0. The van der Waals surface area contributed by atoms with Gasteiger partial charge in [-0.15, -0.1) is 0 Å². The molecule has 0 aliphatic carbocycles. The van der Waals surface area contributed by atoms with Crippen LogP contribution in [0.5, 0.6) is 0 Å². The fraction of sp³-hybridized carbons (Fsp3) is 1.00. The molecular formula is C16H17F17O. The molecule has 0 radical (unpaired) electrons. The first kappa shape index (κ1) is 32.8. The first-order valence-electron chi connectivity index (χ1n) is 8.89. The monoisotopic (exact) mass is 548 g/mol. The molecule has 0 N–H and O–H groups in total. The molecule has 1 unspecified atom stereocenters. The minimum absolute atomic E-state index is 0.0882. The molecule has 206 valence electrons. The molecule has 1 nitrogen and oxygen atoms in total. The predicted molar refractivity (Wildman–Crippen MR) is 80.2 cm³/mol. The topological polar surface area (TPSA) is 9.23 Å². The highest BCUT2D eigenvalue weighted by Crippen LogP contribution is 2.64. The van der Waals surface area contributed by atoms with Gasteiger partial charge in [-0.1, -0.05) is 13.8 Å². The molecule has 0 aromatic carbocycles. The zero-order chi connectivity index (χ0) is 28.0. The molecule has 0 saturated carbocycles.